The van der Waals surface area contributed by atoms with Crippen molar-refractivity contribution in [3.05, 3.63) is 0 Å². The van der Waals surface area contributed by atoms with Gasteiger partial charge in [-0.3, -0.25) is 9.59 Å². The molecule has 22 heavy (non-hydrogen) atoms. The van der Waals surface area contributed by atoms with Gasteiger partial charge in [0.25, 0.3) is 0 Å². The maximum absolute atomic E-state index is 12.5. The Labute approximate surface area is 131 Å². The molecule has 0 aliphatic carbocycles. The summed E-state index contributed by atoms with van der Waals surface area (Å²) in [7, 11) is -0.563. The molecule has 1 unspecified atom stereocenters. The van der Waals surface area contributed by atoms with Crippen molar-refractivity contribution in [2.75, 3.05) is 13.1 Å². The fraction of sp³-hybridized carbons (Fsp3) is 0.857. The van der Waals surface area contributed by atoms with Crippen LogP contribution in [0.15, 0.2) is 0 Å². The molecule has 0 spiro atoms. The molecular formula is C14H26BN3O4. The molecule has 0 aromatic heterocycles. The number of nitrogens with zero attached hydrogens (tertiary/aromatic N) is 1. The quantitative estimate of drug-likeness (QED) is 0.695. The van der Waals surface area contributed by atoms with Gasteiger partial charge in [-0.15, -0.1) is 0 Å². The fourth-order valence-electron chi connectivity index (χ4n) is 3.19. The molecule has 7 nitrogen and oxygen atoms in total. The van der Waals surface area contributed by atoms with Crippen LogP contribution in [0, 0.1) is 5.92 Å². The molecule has 8 heteroatoms. The van der Waals surface area contributed by atoms with E-state index in [2.05, 4.69) is 0 Å². The Morgan fingerprint density at radius 2 is 2.18 bits per heavy atom. The summed E-state index contributed by atoms with van der Waals surface area (Å²) >= 11 is 0. The van der Waals surface area contributed by atoms with Crippen molar-refractivity contribution < 1.29 is 18.9 Å². The van der Waals surface area contributed by atoms with Crippen LogP contribution < -0.4 is 11.5 Å². The van der Waals surface area contributed by atoms with Gasteiger partial charge >= 0.3 is 13.1 Å². The lowest BCUT2D eigenvalue weighted by atomic mass is 9.74. The van der Waals surface area contributed by atoms with Crippen molar-refractivity contribution >= 4 is 19.0 Å². The standard InChI is InChI=1S/C14H26BN3O4/c1-9(2)21-15-6-4-5-11-7-18(12(19)10(3)16)8-14(11,17)13(20)22-15/h9-11H,4-8,16-17H2,1-3H3/t10-,11?,14-/m0/s1. The minimum absolute atomic E-state index is 0.0264. The van der Waals surface area contributed by atoms with Crippen molar-refractivity contribution in [1.29, 1.82) is 0 Å². The molecule has 4 N–H and O–H groups in total. The summed E-state index contributed by atoms with van der Waals surface area (Å²) in [5, 5.41) is 0. The van der Waals surface area contributed by atoms with Crippen molar-refractivity contribution in [1.82, 2.24) is 4.90 Å². The van der Waals surface area contributed by atoms with Crippen LogP contribution in [0.25, 0.3) is 0 Å². The van der Waals surface area contributed by atoms with Crippen LogP contribution in [-0.2, 0) is 18.9 Å². The van der Waals surface area contributed by atoms with E-state index >= 15 is 0 Å². The average Bonchev–Trinajstić information content (AvgIpc) is 2.74. The lowest BCUT2D eigenvalue weighted by molar-refractivity contribution is -0.144. The Kier molecular flexibility index (Phi) is 5.14. The van der Waals surface area contributed by atoms with Gasteiger partial charge in [-0.05, 0) is 33.5 Å². The normalized spacial score (nSPS) is 30.6. The number of fused-ring (bicyclic) bond motifs is 1. The van der Waals surface area contributed by atoms with Gasteiger partial charge in [0.05, 0.1) is 6.04 Å². The molecule has 124 valence electrons. The van der Waals surface area contributed by atoms with E-state index in [4.69, 9.17) is 20.8 Å². The van der Waals surface area contributed by atoms with Crippen molar-refractivity contribution in [2.24, 2.45) is 17.4 Å². The average molecular weight is 311 g/mol. The van der Waals surface area contributed by atoms with Gasteiger partial charge in [-0.2, -0.15) is 0 Å². The molecule has 0 aromatic rings. The predicted molar refractivity (Wildman–Crippen MR) is 82.7 cm³/mol. The van der Waals surface area contributed by atoms with Gasteiger partial charge in [0.2, 0.25) is 5.91 Å². The third-order valence-electron chi connectivity index (χ3n) is 4.36. The van der Waals surface area contributed by atoms with E-state index in [-0.39, 0.29) is 24.5 Å². The van der Waals surface area contributed by atoms with Gasteiger partial charge in [0.15, 0.2) is 0 Å². The highest BCUT2D eigenvalue weighted by Gasteiger charge is 2.53. The lowest BCUT2D eigenvalue weighted by Crippen LogP contribution is -2.58. The zero-order valence-corrected chi connectivity index (χ0v) is 13.6. The third kappa shape index (κ3) is 3.44. The number of hydrogen-bond acceptors (Lipinski definition) is 6. The monoisotopic (exact) mass is 311 g/mol. The van der Waals surface area contributed by atoms with Gasteiger partial charge in [-0.1, -0.05) is 6.42 Å². The molecule has 0 saturated carbocycles. The van der Waals surface area contributed by atoms with E-state index in [1.54, 1.807) is 11.8 Å². The lowest BCUT2D eigenvalue weighted by Gasteiger charge is -2.32. The highest BCUT2D eigenvalue weighted by atomic mass is 16.6. The summed E-state index contributed by atoms with van der Waals surface area (Å²) in [6, 6.07) is -0.596. The minimum atomic E-state index is -1.16. The Morgan fingerprint density at radius 1 is 1.50 bits per heavy atom. The Balaban J connectivity index is 2.12. The van der Waals surface area contributed by atoms with E-state index in [0.29, 0.717) is 12.9 Å². The van der Waals surface area contributed by atoms with Crippen LogP contribution in [0.5, 0.6) is 0 Å². The summed E-state index contributed by atoms with van der Waals surface area (Å²) in [6.45, 7) is 6.04. The van der Waals surface area contributed by atoms with E-state index in [1.165, 1.54) is 0 Å². The Bertz CT molecular complexity index is 446. The molecule has 2 aliphatic rings. The highest BCUT2D eigenvalue weighted by molar-refractivity contribution is 6.47. The van der Waals surface area contributed by atoms with Crippen molar-refractivity contribution in [3.63, 3.8) is 0 Å². The second-order valence-electron chi connectivity index (χ2n) is 6.70. The van der Waals surface area contributed by atoms with Gasteiger partial charge in [-0.25, -0.2) is 0 Å². The number of amides is 1. The van der Waals surface area contributed by atoms with E-state index < -0.39 is 24.7 Å². The number of nitrogens with two attached hydrogens (primary N) is 2. The Hall–Kier alpha value is -1.12. The first-order valence-corrected chi connectivity index (χ1v) is 7.94. The van der Waals surface area contributed by atoms with Crippen LogP contribution in [0.4, 0.5) is 0 Å². The molecule has 3 atom stereocenters. The molecule has 2 fully saturated rings. The van der Waals surface area contributed by atoms with E-state index in [0.717, 1.165) is 12.8 Å². The summed E-state index contributed by atoms with van der Waals surface area (Å²) in [5.41, 5.74) is 10.8. The second-order valence-corrected chi connectivity index (χ2v) is 6.70. The molecule has 0 radical (unpaired) electrons. The van der Waals surface area contributed by atoms with Crippen molar-refractivity contribution in [3.8, 4) is 0 Å². The predicted octanol–water partition coefficient (Wildman–Crippen LogP) is -0.260. The number of carbonyl (C=O) groups excluding carboxylic acids is 2. The molecule has 1 amide bonds. The number of rotatable bonds is 3. The van der Waals surface area contributed by atoms with Gasteiger partial charge < -0.3 is 25.7 Å². The summed E-state index contributed by atoms with van der Waals surface area (Å²) in [5.74, 6) is -0.759. The maximum atomic E-state index is 12.5. The number of carbonyl (C=O) groups is 2. The topological polar surface area (TPSA) is 108 Å². The first-order valence-electron chi connectivity index (χ1n) is 7.94. The van der Waals surface area contributed by atoms with Crippen molar-refractivity contribution in [2.45, 2.75) is 57.6 Å². The molecule has 2 aliphatic heterocycles. The zero-order chi connectivity index (χ0) is 16.5. The van der Waals surface area contributed by atoms with Crippen LogP contribution >= 0.6 is 0 Å². The third-order valence-corrected chi connectivity index (χ3v) is 4.36. The molecular weight excluding hydrogens is 285 g/mol. The molecule has 2 rings (SSSR count). The SMILES string of the molecule is CC(C)OB1CCCC2CN(C(=O)[C@H](C)N)C[C@@]2(N)C(=O)O1. The van der Waals surface area contributed by atoms with Crippen LogP contribution in [0.2, 0.25) is 6.32 Å². The van der Waals surface area contributed by atoms with Gasteiger partial charge in [0, 0.05) is 25.1 Å². The number of likely N-dealkylation sites (tertiary alicyclic amines) is 1. The van der Waals surface area contributed by atoms with Crippen LogP contribution in [0.3, 0.4) is 0 Å². The summed E-state index contributed by atoms with van der Waals surface area (Å²) < 4.78 is 11.1. The minimum Gasteiger partial charge on any atom is -0.508 e. The number of hydrogen-bond donors (Lipinski definition) is 2. The molecule has 0 aromatic carbocycles. The first-order chi connectivity index (χ1) is 10.2. The summed E-state index contributed by atoms with van der Waals surface area (Å²) in [6.07, 6.45) is 2.24. The summed E-state index contributed by atoms with van der Waals surface area (Å²) in [4.78, 5) is 26.2. The van der Waals surface area contributed by atoms with E-state index in [1.807, 2.05) is 13.8 Å². The first kappa shape index (κ1) is 17.2. The molecule has 0 bridgehead atoms. The van der Waals surface area contributed by atoms with Crippen LogP contribution in [0.1, 0.15) is 33.6 Å². The largest absolute Gasteiger partial charge is 0.527 e. The smallest absolute Gasteiger partial charge is 0.508 e. The second kappa shape index (κ2) is 6.56. The fourth-order valence-corrected chi connectivity index (χ4v) is 3.19. The zero-order valence-electron chi connectivity index (χ0n) is 13.6. The molecule has 2 heterocycles. The van der Waals surface area contributed by atoms with Gasteiger partial charge in [0.1, 0.15) is 5.54 Å². The molecule has 2 saturated heterocycles. The highest BCUT2D eigenvalue weighted by Crippen LogP contribution is 2.34. The Morgan fingerprint density at radius 3 is 2.77 bits per heavy atom. The van der Waals surface area contributed by atoms with Crippen LogP contribution in [-0.4, -0.2) is 54.7 Å². The maximum Gasteiger partial charge on any atom is 0.527 e. The van der Waals surface area contributed by atoms with E-state index in [9.17, 15) is 9.59 Å².